The number of nitrogens with one attached hydrogen (secondary N) is 1. The number of anilines is 1. The minimum atomic E-state index is -4.61. The van der Waals surface area contributed by atoms with E-state index in [1.165, 1.54) is 43.3 Å². The van der Waals surface area contributed by atoms with Gasteiger partial charge in [0.15, 0.2) is 0 Å². The van der Waals surface area contributed by atoms with E-state index in [2.05, 4.69) is 5.32 Å². The third-order valence-corrected chi connectivity index (χ3v) is 5.36. The number of hydrogen-bond acceptors (Lipinski definition) is 2. The average Bonchev–Trinajstić information content (AvgIpc) is 2.65. The van der Waals surface area contributed by atoms with Crippen molar-refractivity contribution in [1.29, 1.82) is 0 Å². The summed E-state index contributed by atoms with van der Waals surface area (Å²) in [6, 6.07) is 10.1. The van der Waals surface area contributed by atoms with Crippen LogP contribution in [-0.2, 0) is 16.0 Å². The van der Waals surface area contributed by atoms with Crippen molar-refractivity contribution in [3.8, 4) is 0 Å². The summed E-state index contributed by atoms with van der Waals surface area (Å²) in [5.41, 5.74) is 0.857. The Bertz CT molecular complexity index is 917. The van der Waals surface area contributed by atoms with Crippen molar-refractivity contribution in [1.82, 2.24) is 0 Å². The van der Waals surface area contributed by atoms with Crippen LogP contribution in [0.3, 0.4) is 0 Å². The molecule has 4 nitrogen and oxygen atoms in total. The molecule has 30 heavy (non-hydrogen) atoms. The molecule has 2 aromatic carbocycles. The molecule has 3 unspecified atom stereocenters. The average molecular weight is 462 g/mol. The lowest BCUT2D eigenvalue weighted by molar-refractivity contribution is -0.178. The van der Waals surface area contributed by atoms with Crippen LogP contribution in [0.25, 0.3) is 0 Å². The molecule has 162 valence electrons. The molecule has 0 radical (unpaired) electrons. The van der Waals surface area contributed by atoms with Crippen LogP contribution in [0.2, 0.25) is 10.0 Å². The highest BCUT2D eigenvalue weighted by atomic mass is 35.5. The van der Waals surface area contributed by atoms with E-state index >= 15 is 0 Å². The standard InChI is InChI=1S/C21H20Cl2F3NO3/c1-11(20(29)30)9-13-3-8-16(23)17(10-13)27-19(28)18(12(2)21(24,25)26)14-4-6-15(22)7-5-14/h3-8,10-12,18H,9H2,1-2H3,(H,27,28)(H,29,30). The molecule has 1 amide bonds. The molecule has 2 N–H and O–H groups in total. The first-order valence-electron chi connectivity index (χ1n) is 9.04. The van der Waals surface area contributed by atoms with Crippen molar-refractivity contribution in [2.45, 2.75) is 32.4 Å². The van der Waals surface area contributed by atoms with Crippen LogP contribution < -0.4 is 5.32 Å². The summed E-state index contributed by atoms with van der Waals surface area (Å²) in [5, 5.41) is 12.0. The number of benzene rings is 2. The summed E-state index contributed by atoms with van der Waals surface area (Å²) in [6.07, 6.45) is -4.43. The number of carboxylic acid groups (broad SMARTS) is 1. The molecule has 3 atom stereocenters. The highest BCUT2D eigenvalue weighted by Crippen LogP contribution is 2.39. The van der Waals surface area contributed by atoms with Crippen molar-refractivity contribution >= 4 is 40.8 Å². The van der Waals surface area contributed by atoms with E-state index in [1.54, 1.807) is 6.07 Å². The van der Waals surface area contributed by atoms with Gasteiger partial charge in [-0.3, -0.25) is 9.59 Å². The molecule has 0 aliphatic heterocycles. The number of hydrogen-bond donors (Lipinski definition) is 2. The summed E-state index contributed by atoms with van der Waals surface area (Å²) in [6.45, 7) is 2.46. The van der Waals surface area contributed by atoms with Crippen LogP contribution in [0.15, 0.2) is 42.5 Å². The molecular formula is C21H20Cl2F3NO3. The molecule has 0 saturated heterocycles. The summed E-state index contributed by atoms with van der Waals surface area (Å²) in [4.78, 5) is 23.9. The van der Waals surface area contributed by atoms with E-state index < -0.39 is 35.8 Å². The number of carbonyl (C=O) groups excluding carboxylic acids is 1. The highest BCUT2D eigenvalue weighted by molar-refractivity contribution is 6.33. The molecule has 0 heterocycles. The summed E-state index contributed by atoms with van der Waals surface area (Å²) < 4.78 is 40.3. The maximum atomic E-state index is 13.4. The third kappa shape index (κ3) is 6.12. The fraction of sp³-hybridized carbons (Fsp3) is 0.333. The van der Waals surface area contributed by atoms with Gasteiger partial charge in [0.1, 0.15) is 0 Å². The Labute approximate surface area is 182 Å². The number of amides is 1. The Morgan fingerprint density at radius 1 is 1.07 bits per heavy atom. The predicted octanol–water partition coefficient (Wildman–Crippen LogP) is 6.18. The van der Waals surface area contributed by atoms with Gasteiger partial charge in [-0.05, 0) is 41.8 Å². The van der Waals surface area contributed by atoms with Gasteiger partial charge in [0.05, 0.1) is 28.5 Å². The lowest BCUT2D eigenvalue weighted by Crippen LogP contribution is -2.34. The zero-order valence-electron chi connectivity index (χ0n) is 16.1. The van der Waals surface area contributed by atoms with Gasteiger partial charge < -0.3 is 10.4 Å². The number of aliphatic carboxylic acids is 1. The Balaban J connectivity index is 2.35. The number of rotatable bonds is 7. The van der Waals surface area contributed by atoms with E-state index in [0.29, 0.717) is 10.6 Å². The minimum absolute atomic E-state index is 0.116. The van der Waals surface area contributed by atoms with Crippen molar-refractivity contribution < 1.29 is 27.9 Å². The zero-order valence-corrected chi connectivity index (χ0v) is 17.6. The highest BCUT2D eigenvalue weighted by Gasteiger charge is 2.45. The fourth-order valence-corrected chi connectivity index (χ4v) is 3.26. The van der Waals surface area contributed by atoms with Gasteiger partial charge in [-0.2, -0.15) is 13.2 Å². The smallest absolute Gasteiger partial charge is 0.392 e. The molecule has 2 rings (SSSR count). The number of halogens is 5. The summed E-state index contributed by atoms with van der Waals surface area (Å²) >= 11 is 11.9. The van der Waals surface area contributed by atoms with Gasteiger partial charge in [-0.25, -0.2) is 0 Å². The predicted molar refractivity (Wildman–Crippen MR) is 110 cm³/mol. The van der Waals surface area contributed by atoms with Gasteiger partial charge in [0.2, 0.25) is 5.91 Å². The molecule has 0 spiro atoms. The van der Waals surface area contributed by atoms with Crippen molar-refractivity contribution in [3.63, 3.8) is 0 Å². The van der Waals surface area contributed by atoms with Crippen molar-refractivity contribution in [2.75, 3.05) is 5.32 Å². The number of alkyl halides is 3. The van der Waals surface area contributed by atoms with Gasteiger partial charge >= 0.3 is 12.1 Å². The number of carboxylic acids is 1. The fourth-order valence-electron chi connectivity index (χ4n) is 2.97. The van der Waals surface area contributed by atoms with Crippen LogP contribution in [0, 0.1) is 11.8 Å². The van der Waals surface area contributed by atoms with E-state index in [4.69, 9.17) is 28.3 Å². The molecule has 2 aromatic rings. The summed E-state index contributed by atoms with van der Waals surface area (Å²) in [5.74, 6) is -6.04. The molecule has 0 saturated carbocycles. The minimum Gasteiger partial charge on any atom is -0.481 e. The van der Waals surface area contributed by atoms with Crippen LogP contribution in [0.4, 0.5) is 18.9 Å². The van der Waals surface area contributed by atoms with E-state index in [-0.39, 0.29) is 22.7 Å². The second-order valence-electron chi connectivity index (χ2n) is 7.11. The molecule has 0 aliphatic carbocycles. The normalized spacial score (nSPS) is 14.6. The quantitative estimate of drug-likeness (QED) is 0.517. The van der Waals surface area contributed by atoms with Gasteiger partial charge in [0, 0.05) is 5.02 Å². The van der Waals surface area contributed by atoms with E-state index in [0.717, 1.165) is 6.92 Å². The first kappa shape index (κ1) is 24.0. The Hall–Kier alpha value is -2.25. The largest absolute Gasteiger partial charge is 0.481 e. The maximum Gasteiger partial charge on any atom is 0.392 e. The van der Waals surface area contributed by atoms with Crippen LogP contribution in [-0.4, -0.2) is 23.2 Å². The molecule has 0 aromatic heterocycles. The zero-order chi connectivity index (χ0) is 22.6. The van der Waals surface area contributed by atoms with Crippen LogP contribution >= 0.6 is 23.2 Å². The van der Waals surface area contributed by atoms with Crippen molar-refractivity contribution in [3.05, 3.63) is 63.6 Å². The van der Waals surface area contributed by atoms with Gasteiger partial charge in [0.25, 0.3) is 0 Å². The molecule has 0 bridgehead atoms. The van der Waals surface area contributed by atoms with E-state index in [1.807, 2.05) is 0 Å². The SMILES string of the molecule is CC(Cc1ccc(Cl)c(NC(=O)C(c2ccc(Cl)cc2)C(C)C(F)(F)F)c1)C(=O)O. The van der Waals surface area contributed by atoms with Crippen LogP contribution in [0.5, 0.6) is 0 Å². The lowest BCUT2D eigenvalue weighted by Gasteiger charge is -2.26. The first-order chi connectivity index (χ1) is 13.9. The second kappa shape index (κ2) is 9.71. The lowest BCUT2D eigenvalue weighted by atomic mass is 9.86. The summed E-state index contributed by atoms with van der Waals surface area (Å²) in [7, 11) is 0. The number of carbonyl (C=O) groups is 2. The molecule has 9 heteroatoms. The van der Waals surface area contributed by atoms with Gasteiger partial charge in [-0.15, -0.1) is 0 Å². The van der Waals surface area contributed by atoms with Crippen LogP contribution in [0.1, 0.15) is 30.9 Å². The Kier molecular flexibility index (Phi) is 7.77. The third-order valence-electron chi connectivity index (χ3n) is 4.78. The topological polar surface area (TPSA) is 66.4 Å². The Morgan fingerprint density at radius 2 is 1.67 bits per heavy atom. The second-order valence-corrected chi connectivity index (χ2v) is 7.95. The molecular weight excluding hydrogens is 442 g/mol. The first-order valence-corrected chi connectivity index (χ1v) is 9.80. The van der Waals surface area contributed by atoms with Crippen molar-refractivity contribution in [2.24, 2.45) is 11.8 Å². The molecule has 0 aliphatic rings. The molecule has 0 fully saturated rings. The van der Waals surface area contributed by atoms with Gasteiger partial charge in [-0.1, -0.05) is 55.2 Å². The van der Waals surface area contributed by atoms with E-state index in [9.17, 15) is 22.8 Å². The monoisotopic (exact) mass is 461 g/mol. The maximum absolute atomic E-state index is 13.4. The Morgan fingerprint density at radius 3 is 2.20 bits per heavy atom.